The number of benzene rings is 7. The van der Waals surface area contributed by atoms with Gasteiger partial charge in [0.1, 0.15) is 17.0 Å². The first kappa shape index (κ1) is 29.3. The fourth-order valence-corrected chi connectivity index (χ4v) is 7.57. The van der Waals surface area contributed by atoms with Crippen LogP contribution in [0.25, 0.3) is 83.0 Å². The summed E-state index contributed by atoms with van der Waals surface area (Å²) >= 11 is 0. The van der Waals surface area contributed by atoms with Crippen LogP contribution in [0.2, 0.25) is 0 Å². The standard InChI is InChI=1S/C47H31N3O/c1-3-13-30(14-4-1)31-25-27-34(28-26-31)46-48-45(33-16-5-2-6-17-33)49-47(50-46)40-29-41-43-38(36-22-11-18-32-15-7-8-19-35(32)36)23-12-24-42(43)51-44(41)39-21-10-9-20-37(39)40/h1-27,29,34H,28H2. The van der Waals surface area contributed by atoms with Crippen LogP contribution in [0.1, 0.15) is 23.7 Å². The molecule has 51 heavy (non-hydrogen) atoms. The zero-order valence-electron chi connectivity index (χ0n) is 27.7. The molecule has 0 N–H and O–H groups in total. The number of furan rings is 1. The third-order valence-electron chi connectivity index (χ3n) is 10.0. The number of fused-ring (bicyclic) bond motifs is 6. The average molecular weight is 654 g/mol. The Morgan fingerprint density at radius 3 is 1.98 bits per heavy atom. The van der Waals surface area contributed by atoms with Gasteiger partial charge >= 0.3 is 0 Å². The molecule has 10 rings (SSSR count). The van der Waals surface area contributed by atoms with Crippen molar-refractivity contribution in [1.29, 1.82) is 0 Å². The average Bonchev–Trinajstić information content (AvgIpc) is 3.60. The van der Waals surface area contributed by atoms with Gasteiger partial charge in [0.2, 0.25) is 0 Å². The molecular formula is C47H31N3O. The van der Waals surface area contributed by atoms with E-state index in [2.05, 4.69) is 152 Å². The highest BCUT2D eigenvalue weighted by Gasteiger charge is 2.23. The summed E-state index contributed by atoms with van der Waals surface area (Å²) in [5, 5.41) is 6.61. The predicted octanol–water partition coefficient (Wildman–Crippen LogP) is 12.2. The second-order valence-corrected chi connectivity index (χ2v) is 13.1. The molecule has 2 aromatic heterocycles. The van der Waals surface area contributed by atoms with Crippen LogP contribution in [0.3, 0.4) is 0 Å². The van der Waals surface area contributed by atoms with E-state index in [0.29, 0.717) is 11.6 Å². The number of hydrogen-bond acceptors (Lipinski definition) is 4. The maximum atomic E-state index is 6.72. The zero-order valence-corrected chi connectivity index (χ0v) is 27.7. The van der Waals surface area contributed by atoms with Gasteiger partial charge in [0.15, 0.2) is 11.6 Å². The van der Waals surface area contributed by atoms with Gasteiger partial charge in [0, 0.05) is 33.2 Å². The van der Waals surface area contributed by atoms with E-state index in [1.807, 2.05) is 18.2 Å². The van der Waals surface area contributed by atoms with Gasteiger partial charge in [-0.05, 0) is 57.0 Å². The molecule has 1 aliphatic rings. The minimum atomic E-state index is 0.0180. The van der Waals surface area contributed by atoms with Crippen molar-refractivity contribution in [3.05, 3.63) is 181 Å². The Bertz CT molecular complexity index is 2830. The molecule has 0 bridgehead atoms. The van der Waals surface area contributed by atoms with Crippen LogP contribution in [-0.2, 0) is 0 Å². The van der Waals surface area contributed by atoms with Crippen LogP contribution in [-0.4, -0.2) is 15.0 Å². The number of hydrogen-bond donors (Lipinski definition) is 0. The second kappa shape index (κ2) is 12.0. The molecular weight excluding hydrogens is 623 g/mol. The molecule has 0 aliphatic heterocycles. The second-order valence-electron chi connectivity index (χ2n) is 13.1. The summed E-state index contributed by atoms with van der Waals surface area (Å²) in [6.07, 6.45) is 7.53. The normalized spacial score (nSPS) is 14.4. The minimum absolute atomic E-state index is 0.0180. The minimum Gasteiger partial charge on any atom is -0.455 e. The van der Waals surface area contributed by atoms with Crippen LogP contribution in [0.15, 0.2) is 174 Å². The van der Waals surface area contributed by atoms with Gasteiger partial charge in [-0.1, -0.05) is 158 Å². The maximum absolute atomic E-state index is 6.72. The van der Waals surface area contributed by atoms with E-state index < -0.39 is 0 Å². The van der Waals surface area contributed by atoms with Crippen molar-refractivity contribution >= 4 is 49.1 Å². The predicted molar refractivity (Wildman–Crippen MR) is 209 cm³/mol. The zero-order chi connectivity index (χ0) is 33.7. The molecule has 7 aromatic carbocycles. The lowest BCUT2D eigenvalue weighted by Crippen LogP contribution is -2.08. The third-order valence-corrected chi connectivity index (χ3v) is 10.0. The van der Waals surface area contributed by atoms with E-state index in [1.54, 1.807) is 0 Å². The monoisotopic (exact) mass is 653 g/mol. The van der Waals surface area contributed by atoms with Crippen molar-refractivity contribution in [2.24, 2.45) is 0 Å². The van der Waals surface area contributed by atoms with Crippen molar-refractivity contribution in [3.8, 4) is 33.9 Å². The molecule has 4 heteroatoms. The molecule has 1 atom stereocenters. The van der Waals surface area contributed by atoms with E-state index in [0.717, 1.165) is 61.6 Å². The molecule has 0 spiro atoms. The Hall–Kier alpha value is -6.65. The number of allylic oxidation sites excluding steroid dienone is 4. The Balaban J connectivity index is 1.20. The molecule has 240 valence electrons. The maximum Gasteiger partial charge on any atom is 0.164 e. The van der Waals surface area contributed by atoms with E-state index in [-0.39, 0.29) is 5.92 Å². The summed E-state index contributed by atoms with van der Waals surface area (Å²) < 4.78 is 6.72. The Labute approximate surface area is 295 Å². The third kappa shape index (κ3) is 5.03. The Morgan fingerprint density at radius 2 is 1.18 bits per heavy atom. The van der Waals surface area contributed by atoms with Crippen LogP contribution in [0.5, 0.6) is 0 Å². The van der Waals surface area contributed by atoms with Gasteiger partial charge in [-0.25, -0.2) is 15.0 Å². The lowest BCUT2D eigenvalue weighted by molar-refractivity contribution is 0.673. The number of rotatable bonds is 5. The molecule has 1 aliphatic carbocycles. The van der Waals surface area contributed by atoms with Gasteiger partial charge in [0.05, 0.1) is 0 Å². The summed E-state index contributed by atoms with van der Waals surface area (Å²) in [7, 11) is 0. The van der Waals surface area contributed by atoms with Gasteiger partial charge < -0.3 is 4.42 Å². The number of aromatic nitrogens is 3. The first-order valence-corrected chi connectivity index (χ1v) is 17.4. The molecule has 0 saturated carbocycles. The summed E-state index contributed by atoms with van der Waals surface area (Å²) in [6, 6.07) is 52.8. The highest BCUT2D eigenvalue weighted by Crippen LogP contribution is 2.44. The molecule has 0 fully saturated rings. The first-order chi connectivity index (χ1) is 25.3. The molecule has 9 aromatic rings. The van der Waals surface area contributed by atoms with Gasteiger partial charge in [-0.3, -0.25) is 0 Å². The fraction of sp³-hybridized carbons (Fsp3) is 0.0426. The van der Waals surface area contributed by atoms with Crippen molar-refractivity contribution < 1.29 is 4.42 Å². The molecule has 0 radical (unpaired) electrons. The van der Waals surface area contributed by atoms with Crippen molar-refractivity contribution in [3.63, 3.8) is 0 Å². The van der Waals surface area contributed by atoms with Crippen molar-refractivity contribution in [1.82, 2.24) is 15.0 Å². The lowest BCUT2D eigenvalue weighted by atomic mass is 9.92. The molecule has 1 unspecified atom stereocenters. The van der Waals surface area contributed by atoms with E-state index in [4.69, 9.17) is 19.4 Å². The van der Waals surface area contributed by atoms with E-state index in [9.17, 15) is 0 Å². The summed E-state index contributed by atoms with van der Waals surface area (Å²) in [6.45, 7) is 0. The molecule has 2 heterocycles. The summed E-state index contributed by atoms with van der Waals surface area (Å²) in [5.74, 6) is 2.10. The van der Waals surface area contributed by atoms with Crippen LogP contribution in [0, 0.1) is 0 Å². The smallest absolute Gasteiger partial charge is 0.164 e. The van der Waals surface area contributed by atoms with Crippen LogP contribution >= 0.6 is 0 Å². The topological polar surface area (TPSA) is 51.8 Å². The quantitative estimate of drug-likeness (QED) is 0.185. The van der Waals surface area contributed by atoms with Crippen LogP contribution < -0.4 is 0 Å². The van der Waals surface area contributed by atoms with Gasteiger partial charge in [0.25, 0.3) is 0 Å². The molecule has 0 amide bonds. The van der Waals surface area contributed by atoms with Gasteiger partial charge in [-0.2, -0.15) is 0 Å². The van der Waals surface area contributed by atoms with Crippen molar-refractivity contribution in [2.75, 3.05) is 0 Å². The SMILES string of the molecule is C1=CC(c2nc(-c3ccccc3)nc(-c3cc4c(oc5cccc(-c6cccc7ccccc67)c54)c4ccccc34)n2)CC=C1c1ccccc1. The Morgan fingerprint density at radius 1 is 0.510 bits per heavy atom. The Kier molecular flexibility index (Phi) is 6.91. The van der Waals surface area contributed by atoms with E-state index in [1.165, 1.54) is 27.5 Å². The van der Waals surface area contributed by atoms with E-state index >= 15 is 0 Å². The molecule has 0 saturated heterocycles. The summed E-state index contributed by atoms with van der Waals surface area (Å²) in [4.78, 5) is 15.5. The molecule has 4 nitrogen and oxygen atoms in total. The highest BCUT2D eigenvalue weighted by atomic mass is 16.3. The fourth-order valence-electron chi connectivity index (χ4n) is 7.57. The highest BCUT2D eigenvalue weighted by molar-refractivity contribution is 6.22. The number of nitrogens with zero attached hydrogens (tertiary/aromatic N) is 3. The van der Waals surface area contributed by atoms with Gasteiger partial charge in [-0.15, -0.1) is 0 Å². The van der Waals surface area contributed by atoms with Crippen molar-refractivity contribution in [2.45, 2.75) is 12.3 Å². The summed E-state index contributed by atoms with van der Waals surface area (Å²) in [5.41, 5.74) is 8.37. The largest absolute Gasteiger partial charge is 0.455 e. The lowest BCUT2D eigenvalue weighted by Gasteiger charge is -2.17. The first-order valence-electron chi connectivity index (χ1n) is 17.4. The van der Waals surface area contributed by atoms with Crippen LogP contribution in [0.4, 0.5) is 0 Å².